The largest absolute Gasteiger partial charge is 0.459 e. The molecule has 1 aliphatic rings. The number of rotatable bonds is 3. The molecular weight excluding hydrogens is 242 g/mol. The molecule has 1 heterocycles. The number of esters is 1. The first-order valence-electron chi connectivity index (χ1n) is 5.66. The summed E-state index contributed by atoms with van der Waals surface area (Å²) in [4.78, 5) is 12.1. The zero-order valence-electron chi connectivity index (χ0n) is 10.9. The minimum atomic E-state index is -3.21. The van der Waals surface area contributed by atoms with E-state index in [9.17, 15) is 13.2 Å². The second kappa shape index (κ2) is 4.57. The summed E-state index contributed by atoms with van der Waals surface area (Å²) in [5.74, 6) is -0.567. The second-order valence-corrected chi connectivity index (χ2v) is 7.92. The van der Waals surface area contributed by atoms with Crippen molar-refractivity contribution >= 4 is 15.8 Å². The van der Waals surface area contributed by atoms with Crippen LogP contribution in [0.3, 0.4) is 0 Å². The van der Waals surface area contributed by atoms with E-state index in [1.807, 2.05) is 0 Å². The van der Waals surface area contributed by atoms with Crippen LogP contribution >= 0.6 is 0 Å². The van der Waals surface area contributed by atoms with Gasteiger partial charge in [0.1, 0.15) is 15.4 Å². The molecule has 1 atom stereocenters. The molecule has 1 fully saturated rings. The van der Waals surface area contributed by atoms with Gasteiger partial charge in [0.2, 0.25) is 0 Å². The maximum Gasteiger partial charge on any atom is 0.314 e. The van der Waals surface area contributed by atoms with Gasteiger partial charge in [-0.25, -0.2) is 8.42 Å². The lowest BCUT2D eigenvalue weighted by molar-refractivity contribution is -0.165. The van der Waals surface area contributed by atoms with Crippen LogP contribution in [-0.4, -0.2) is 45.1 Å². The van der Waals surface area contributed by atoms with Crippen molar-refractivity contribution in [2.75, 3.05) is 25.1 Å². The average Bonchev–Trinajstić information content (AvgIpc) is 2.47. The highest BCUT2D eigenvalue weighted by Crippen LogP contribution is 2.30. The predicted molar refractivity (Wildman–Crippen MR) is 65.5 cm³/mol. The molecule has 0 bridgehead atoms. The van der Waals surface area contributed by atoms with Crippen LogP contribution in [0.1, 0.15) is 27.2 Å². The fourth-order valence-corrected chi connectivity index (χ4v) is 3.36. The first-order chi connectivity index (χ1) is 7.54. The lowest BCUT2D eigenvalue weighted by atomic mass is 9.89. The fraction of sp³-hybridized carbons (Fsp3) is 0.909. The summed E-state index contributed by atoms with van der Waals surface area (Å²) < 4.78 is 28.2. The molecule has 5 nitrogen and oxygen atoms in total. The fourth-order valence-electron chi connectivity index (χ4n) is 1.99. The summed E-state index contributed by atoms with van der Waals surface area (Å²) in [5, 5.41) is 3.04. The van der Waals surface area contributed by atoms with Gasteiger partial charge in [0.15, 0.2) is 0 Å². The summed E-state index contributed by atoms with van der Waals surface area (Å²) in [5.41, 5.74) is -1.51. The van der Waals surface area contributed by atoms with E-state index in [1.54, 1.807) is 20.8 Å². The molecule has 100 valence electrons. The van der Waals surface area contributed by atoms with Crippen LogP contribution in [-0.2, 0) is 19.4 Å². The van der Waals surface area contributed by atoms with Crippen molar-refractivity contribution in [3.05, 3.63) is 0 Å². The van der Waals surface area contributed by atoms with Crippen LogP contribution in [0.5, 0.6) is 0 Å². The van der Waals surface area contributed by atoms with Crippen molar-refractivity contribution in [1.29, 1.82) is 0 Å². The third kappa shape index (κ3) is 4.27. The predicted octanol–water partition coefficient (Wildman–Crippen LogP) is 0.352. The van der Waals surface area contributed by atoms with E-state index in [4.69, 9.17) is 4.74 Å². The SMILES string of the molecule is CC(C)(C)OC(=O)C1(CS(C)(=O)=O)CCNC1. The molecule has 0 spiro atoms. The molecule has 1 rings (SSSR count). The van der Waals surface area contributed by atoms with Crippen LogP contribution < -0.4 is 5.32 Å². The molecule has 0 radical (unpaired) electrons. The topological polar surface area (TPSA) is 72.5 Å². The Morgan fingerprint density at radius 2 is 2.00 bits per heavy atom. The summed E-state index contributed by atoms with van der Waals surface area (Å²) in [6, 6.07) is 0. The van der Waals surface area contributed by atoms with Gasteiger partial charge in [-0.3, -0.25) is 4.79 Å². The van der Waals surface area contributed by atoms with Crippen molar-refractivity contribution < 1.29 is 17.9 Å². The van der Waals surface area contributed by atoms with Gasteiger partial charge >= 0.3 is 5.97 Å². The van der Waals surface area contributed by atoms with E-state index in [2.05, 4.69) is 5.32 Å². The van der Waals surface area contributed by atoms with Gasteiger partial charge < -0.3 is 10.1 Å². The van der Waals surface area contributed by atoms with Crippen molar-refractivity contribution in [3.8, 4) is 0 Å². The zero-order valence-corrected chi connectivity index (χ0v) is 11.7. The van der Waals surface area contributed by atoms with Crippen LogP contribution in [0.15, 0.2) is 0 Å². The standard InChI is InChI=1S/C11H21NO4S/c1-10(2,3)16-9(13)11(5-6-12-7-11)8-17(4,14)15/h12H,5-8H2,1-4H3. The molecule has 17 heavy (non-hydrogen) atoms. The van der Waals surface area contributed by atoms with Crippen molar-refractivity contribution in [2.24, 2.45) is 5.41 Å². The molecule has 0 amide bonds. The summed E-state index contributed by atoms with van der Waals surface area (Å²) in [6.07, 6.45) is 1.66. The molecule has 1 unspecified atom stereocenters. The first-order valence-corrected chi connectivity index (χ1v) is 7.72. The number of hydrogen-bond acceptors (Lipinski definition) is 5. The highest BCUT2D eigenvalue weighted by atomic mass is 32.2. The van der Waals surface area contributed by atoms with Crippen molar-refractivity contribution in [1.82, 2.24) is 5.32 Å². The normalized spacial score (nSPS) is 25.9. The second-order valence-electron chi connectivity index (χ2n) is 5.78. The maximum absolute atomic E-state index is 12.1. The Morgan fingerprint density at radius 3 is 2.35 bits per heavy atom. The first kappa shape index (κ1) is 14.4. The van der Waals surface area contributed by atoms with E-state index in [1.165, 1.54) is 0 Å². The molecule has 0 aliphatic carbocycles. The Hall–Kier alpha value is -0.620. The lowest BCUT2D eigenvalue weighted by Crippen LogP contribution is -2.43. The number of sulfone groups is 1. The van der Waals surface area contributed by atoms with Gasteiger partial charge in [-0.05, 0) is 33.7 Å². The minimum absolute atomic E-state index is 0.151. The van der Waals surface area contributed by atoms with Gasteiger partial charge in [0.05, 0.1) is 11.2 Å². The molecule has 6 heteroatoms. The van der Waals surface area contributed by atoms with E-state index < -0.39 is 26.8 Å². The Balaban J connectivity index is 2.89. The van der Waals surface area contributed by atoms with Gasteiger partial charge in [-0.1, -0.05) is 0 Å². The third-order valence-corrected chi connectivity index (χ3v) is 3.69. The number of ether oxygens (including phenoxy) is 1. The van der Waals surface area contributed by atoms with Crippen molar-refractivity contribution in [2.45, 2.75) is 32.8 Å². The molecule has 0 aromatic rings. The van der Waals surface area contributed by atoms with Gasteiger partial charge in [-0.2, -0.15) is 0 Å². The molecule has 0 aromatic heterocycles. The van der Waals surface area contributed by atoms with Crippen LogP contribution in [0.25, 0.3) is 0 Å². The van der Waals surface area contributed by atoms with E-state index in [0.717, 1.165) is 6.26 Å². The molecule has 1 saturated heterocycles. The smallest absolute Gasteiger partial charge is 0.314 e. The van der Waals surface area contributed by atoms with E-state index in [0.29, 0.717) is 19.5 Å². The number of carbonyl (C=O) groups is 1. The number of carbonyl (C=O) groups excluding carboxylic acids is 1. The van der Waals surface area contributed by atoms with Crippen molar-refractivity contribution in [3.63, 3.8) is 0 Å². The van der Waals surface area contributed by atoms with Gasteiger partial charge in [0.25, 0.3) is 0 Å². The number of nitrogens with one attached hydrogen (secondary N) is 1. The van der Waals surface area contributed by atoms with Crippen LogP contribution in [0.2, 0.25) is 0 Å². The average molecular weight is 263 g/mol. The molecular formula is C11H21NO4S. The minimum Gasteiger partial charge on any atom is -0.459 e. The summed E-state index contributed by atoms with van der Waals surface area (Å²) >= 11 is 0. The summed E-state index contributed by atoms with van der Waals surface area (Å²) in [6.45, 7) is 6.36. The van der Waals surface area contributed by atoms with E-state index in [-0.39, 0.29) is 5.75 Å². The van der Waals surface area contributed by atoms with E-state index >= 15 is 0 Å². The Morgan fingerprint density at radius 1 is 1.41 bits per heavy atom. The monoisotopic (exact) mass is 263 g/mol. The van der Waals surface area contributed by atoms with Gasteiger partial charge in [0, 0.05) is 12.8 Å². The molecule has 0 aromatic carbocycles. The quantitative estimate of drug-likeness (QED) is 0.744. The Labute approximate surface area is 103 Å². The van der Waals surface area contributed by atoms with Gasteiger partial charge in [-0.15, -0.1) is 0 Å². The highest BCUT2D eigenvalue weighted by Gasteiger charge is 2.46. The lowest BCUT2D eigenvalue weighted by Gasteiger charge is -2.29. The Bertz CT molecular complexity index is 388. The number of hydrogen-bond donors (Lipinski definition) is 1. The van der Waals surface area contributed by atoms with Crippen LogP contribution in [0.4, 0.5) is 0 Å². The molecule has 1 aliphatic heterocycles. The highest BCUT2D eigenvalue weighted by molar-refractivity contribution is 7.90. The zero-order chi connectivity index (χ0) is 13.3. The molecule has 0 saturated carbocycles. The molecule has 1 N–H and O–H groups in total. The third-order valence-electron chi connectivity index (χ3n) is 2.61. The maximum atomic E-state index is 12.1. The van der Waals surface area contributed by atoms with Crippen LogP contribution in [0, 0.1) is 5.41 Å². The summed E-state index contributed by atoms with van der Waals surface area (Å²) in [7, 11) is -3.21. The Kier molecular flexibility index (Phi) is 3.88.